The molecular weight excluding hydrogens is 216 g/mol. The lowest BCUT2D eigenvalue weighted by atomic mass is 10.1. The third-order valence-corrected chi connectivity index (χ3v) is 3.39. The Bertz CT molecular complexity index is 356. The van der Waals surface area contributed by atoms with E-state index in [0.717, 1.165) is 17.7 Å². The highest BCUT2D eigenvalue weighted by molar-refractivity contribution is 5.49. The van der Waals surface area contributed by atoms with Crippen LogP contribution >= 0.6 is 0 Å². The average molecular weight is 236 g/mol. The molecule has 0 bridgehead atoms. The van der Waals surface area contributed by atoms with Crippen LogP contribution in [-0.4, -0.2) is 35.5 Å². The van der Waals surface area contributed by atoms with Gasteiger partial charge in [-0.05, 0) is 24.1 Å². The summed E-state index contributed by atoms with van der Waals surface area (Å²) < 4.78 is 0. The number of hydrogen-bond donors (Lipinski definition) is 3. The summed E-state index contributed by atoms with van der Waals surface area (Å²) in [5.74, 6) is 0. The van der Waals surface area contributed by atoms with Crippen molar-refractivity contribution in [3.8, 4) is 0 Å². The Balaban J connectivity index is 2.08. The number of anilines is 1. The summed E-state index contributed by atoms with van der Waals surface area (Å²) in [6.07, 6.45) is -0.374. The van der Waals surface area contributed by atoms with Crippen LogP contribution in [0.25, 0.3) is 0 Å². The summed E-state index contributed by atoms with van der Waals surface area (Å²) in [5, 5.41) is 19.0. The van der Waals surface area contributed by atoms with Crippen molar-refractivity contribution in [2.75, 3.05) is 18.0 Å². The van der Waals surface area contributed by atoms with Gasteiger partial charge in [0.15, 0.2) is 0 Å². The van der Waals surface area contributed by atoms with Gasteiger partial charge in [0.1, 0.15) is 0 Å². The molecule has 0 spiro atoms. The molecule has 0 amide bonds. The summed E-state index contributed by atoms with van der Waals surface area (Å²) in [6, 6.07) is 8.10. The summed E-state index contributed by atoms with van der Waals surface area (Å²) in [5.41, 5.74) is 8.09. The Hall–Kier alpha value is -1.10. The average Bonchev–Trinajstić information content (AvgIpc) is 2.69. The largest absolute Gasteiger partial charge is 0.389 e. The van der Waals surface area contributed by atoms with Gasteiger partial charge < -0.3 is 20.8 Å². The maximum atomic E-state index is 9.50. The molecule has 1 fully saturated rings. The minimum Gasteiger partial charge on any atom is -0.389 e. The Morgan fingerprint density at radius 3 is 2.24 bits per heavy atom. The molecule has 1 aliphatic rings. The van der Waals surface area contributed by atoms with Crippen LogP contribution in [0.2, 0.25) is 0 Å². The first-order valence-electron chi connectivity index (χ1n) is 6.08. The Morgan fingerprint density at radius 2 is 1.76 bits per heavy atom. The topological polar surface area (TPSA) is 69.7 Å². The Labute approximate surface area is 102 Å². The van der Waals surface area contributed by atoms with Gasteiger partial charge in [-0.1, -0.05) is 19.1 Å². The van der Waals surface area contributed by atoms with Crippen LogP contribution in [0.15, 0.2) is 24.3 Å². The van der Waals surface area contributed by atoms with E-state index in [2.05, 4.69) is 6.92 Å². The quantitative estimate of drug-likeness (QED) is 0.720. The van der Waals surface area contributed by atoms with Crippen LogP contribution in [0, 0.1) is 0 Å². The lowest BCUT2D eigenvalue weighted by Crippen LogP contribution is -2.22. The van der Waals surface area contributed by atoms with E-state index >= 15 is 0 Å². The molecule has 0 aromatic heterocycles. The van der Waals surface area contributed by atoms with Gasteiger partial charge in [-0.25, -0.2) is 0 Å². The van der Waals surface area contributed by atoms with E-state index in [-0.39, 0.29) is 6.04 Å². The number of nitrogens with zero attached hydrogens (tertiary/aromatic N) is 1. The molecule has 1 aliphatic heterocycles. The molecule has 0 aliphatic carbocycles. The maximum absolute atomic E-state index is 9.50. The fourth-order valence-electron chi connectivity index (χ4n) is 2.15. The van der Waals surface area contributed by atoms with Crippen LogP contribution in [0.1, 0.15) is 24.9 Å². The number of benzene rings is 1. The maximum Gasteiger partial charge on any atom is 0.0990 e. The molecule has 1 aromatic rings. The monoisotopic (exact) mass is 236 g/mol. The first-order valence-corrected chi connectivity index (χ1v) is 6.08. The van der Waals surface area contributed by atoms with Gasteiger partial charge in [0.05, 0.1) is 12.2 Å². The van der Waals surface area contributed by atoms with Gasteiger partial charge in [-0.2, -0.15) is 0 Å². The number of nitrogens with two attached hydrogens (primary N) is 1. The van der Waals surface area contributed by atoms with Gasteiger partial charge in [0, 0.05) is 24.8 Å². The number of aliphatic hydroxyl groups excluding tert-OH is 2. The van der Waals surface area contributed by atoms with Gasteiger partial charge in [-0.3, -0.25) is 0 Å². The normalized spacial score (nSPS) is 26.2. The highest BCUT2D eigenvalue weighted by Gasteiger charge is 2.29. The third-order valence-electron chi connectivity index (χ3n) is 3.39. The zero-order chi connectivity index (χ0) is 12.4. The van der Waals surface area contributed by atoms with E-state index < -0.39 is 12.2 Å². The highest BCUT2D eigenvalue weighted by atomic mass is 16.3. The molecule has 1 saturated heterocycles. The fourth-order valence-corrected chi connectivity index (χ4v) is 2.15. The smallest absolute Gasteiger partial charge is 0.0990 e. The van der Waals surface area contributed by atoms with Crippen LogP contribution < -0.4 is 10.6 Å². The molecule has 4 N–H and O–H groups in total. The molecule has 3 atom stereocenters. The van der Waals surface area contributed by atoms with E-state index in [1.807, 2.05) is 29.2 Å². The zero-order valence-electron chi connectivity index (χ0n) is 10.1. The molecule has 0 saturated carbocycles. The second kappa shape index (κ2) is 5.04. The van der Waals surface area contributed by atoms with E-state index in [0.29, 0.717) is 13.1 Å². The van der Waals surface area contributed by atoms with Crippen molar-refractivity contribution in [2.45, 2.75) is 31.6 Å². The molecule has 4 nitrogen and oxygen atoms in total. The van der Waals surface area contributed by atoms with E-state index in [4.69, 9.17) is 5.73 Å². The fraction of sp³-hybridized carbons (Fsp3) is 0.538. The van der Waals surface area contributed by atoms with Gasteiger partial charge in [0.2, 0.25) is 0 Å². The number of aliphatic hydroxyl groups is 2. The van der Waals surface area contributed by atoms with E-state index in [1.54, 1.807) is 0 Å². The molecule has 17 heavy (non-hydrogen) atoms. The van der Waals surface area contributed by atoms with Crippen LogP contribution in [0.4, 0.5) is 5.69 Å². The molecule has 2 rings (SSSR count). The van der Waals surface area contributed by atoms with Crippen LogP contribution in [-0.2, 0) is 0 Å². The minimum atomic E-state index is -0.646. The van der Waals surface area contributed by atoms with Crippen molar-refractivity contribution >= 4 is 5.69 Å². The van der Waals surface area contributed by atoms with Crippen LogP contribution in [0.3, 0.4) is 0 Å². The second-order valence-corrected chi connectivity index (χ2v) is 4.65. The van der Waals surface area contributed by atoms with Crippen molar-refractivity contribution in [3.05, 3.63) is 29.8 Å². The Kier molecular flexibility index (Phi) is 3.66. The van der Waals surface area contributed by atoms with Gasteiger partial charge in [-0.15, -0.1) is 0 Å². The summed E-state index contributed by atoms with van der Waals surface area (Å²) in [7, 11) is 0. The molecule has 0 radical (unpaired) electrons. The van der Waals surface area contributed by atoms with Crippen molar-refractivity contribution < 1.29 is 10.2 Å². The first-order chi connectivity index (χ1) is 8.11. The lowest BCUT2D eigenvalue weighted by Gasteiger charge is -2.18. The van der Waals surface area contributed by atoms with Gasteiger partial charge in [0.25, 0.3) is 0 Å². The molecule has 94 valence electrons. The van der Waals surface area contributed by atoms with Crippen molar-refractivity contribution in [2.24, 2.45) is 5.73 Å². The zero-order valence-corrected chi connectivity index (χ0v) is 10.1. The van der Waals surface area contributed by atoms with Crippen molar-refractivity contribution in [1.82, 2.24) is 0 Å². The molecular formula is C13H20N2O2. The number of hydrogen-bond acceptors (Lipinski definition) is 4. The van der Waals surface area contributed by atoms with Crippen molar-refractivity contribution in [3.63, 3.8) is 0 Å². The van der Waals surface area contributed by atoms with E-state index in [1.165, 1.54) is 0 Å². The number of β-amino-alcohol motifs (C(OH)–C–C–N with tert-alkyl or cyclic N) is 2. The van der Waals surface area contributed by atoms with Gasteiger partial charge >= 0.3 is 0 Å². The van der Waals surface area contributed by atoms with E-state index in [9.17, 15) is 10.2 Å². The summed E-state index contributed by atoms with van der Waals surface area (Å²) in [6.45, 7) is 3.03. The molecule has 1 heterocycles. The summed E-state index contributed by atoms with van der Waals surface area (Å²) in [4.78, 5) is 1.98. The second-order valence-electron chi connectivity index (χ2n) is 4.65. The highest BCUT2D eigenvalue weighted by Crippen LogP contribution is 2.23. The third kappa shape index (κ3) is 2.60. The lowest BCUT2D eigenvalue weighted by molar-refractivity contribution is 0.0572. The predicted octanol–water partition coefficient (Wildman–Crippen LogP) is 0.638. The number of rotatable bonds is 3. The van der Waals surface area contributed by atoms with Crippen LogP contribution in [0.5, 0.6) is 0 Å². The SMILES string of the molecule is CCC(N)c1ccc(N2CC(O)C(O)C2)cc1. The minimum absolute atomic E-state index is 0.0822. The molecule has 4 heteroatoms. The molecule has 1 aromatic carbocycles. The predicted molar refractivity (Wildman–Crippen MR) is 67.9 cm³/mol. The van der Waals surface area contributed by atoms with Crippen molar-refractivity contribution in [1.29, 1.82) is 0 Å². The summed E-state index contributed by atoms with van der Waals surface area (Å²) >= 11 is 0. The Morgan fingerprint density at radius 1 is 1.24 bits per heavy atom. The molecule has 3 unspecified atom stereocenters. The first kappa shape index (κ1) is 12.4. The standard InChI is InChI=1S/C13H20N2O2/c1-2-11(14)9-3-5-10(6-4-9)15-7-12(16)13(17)8-15/h3-6,11-13,16-17H,2,7-8,14H2,1H3.